The molecule has 0 aromatic heterocycles. The minimum Gasteiger partial charge on any atom is -0.489 e. The number of benzene rings is 1. The van der Waals surface area contributed by atoms with E-state index in [9.17, 15) is 0 Å². The van der Waals surface area contributed by atoms with Gasteiger partial charge >= 0.3 is 0 Å². The first-order valence-electron chi connectivity index (χ1n) is 6.87. The number of halogens is 3. The van der Waals surface area contributed by atoms with Gasteiger partial charge in [0.25, 0.3) is 0 Å². The lowest BCUT2D eigenvalue weighted by Gasteiger charge is -2.55. The van der Waals surface area contributed by atoms with Gasteiger partial charge in [-0.15, -0.1) is 11.6 Å². The van der Waals surface area contributed by atoms with Gasteiger partial charge in [-0.25, -0.2) is 0 Å². The molecule has 2 fully saturated rings. The van der Waals surface area contributed by atoms with E-state index in [4.69, 9.17) is 16.3 Å². The summed E-state index contributed by atoms with van der Waals surface area (Å²) in [6, 6.07) is 6.07. The molecule has 1 spiro atoms. The summed E-state index contributed by atoms with van der Waals surface area (Å²) < 4.78 is 8.31. The molecule has 19 heavy (non-hydrogen) atoms. The quantitative estimate of drug-likeness (QED) is 0.552. The molecule has 1 nitrogen and oxygen atoms in total. The Balaban J connectivity index is 1.76. The fraction of sp³-hybridized carbons (Fsp3) is 0.600. The second-order valence-corrected chi connectivity index (χ2v) is 7.98. The lowest BCUT2D eigenvalue weighted by molar-refractivity contribution is -0.0653. The second-order valence-electron chi connectivity index (χ2n) is 5.68. The summed E-state index contributed by atoms with van der Waals surface area (Å²) in [4.78, 5) is 0. The van der Waals surface area contributed by atoms with E-state index in [1.165, 1.54) is 32.1 Å². The highest BCUT2D eigenvalue weighted by Gasteiger charge is 2.55. The number of rotatable bonds is 2. The Labute approximate surface area is 136 Å². The third-order valence-corrected chi connectivity index (χ3v) is 6.36. The Morgan fingerprint density at radius 3 is 2.53 bits per heavy atom. The first kappa shape index (κ1) is 14.2. The second kappa shape index (κ2) is 5.57. The van der Waals surface area contributed by atoms with Crippen molar-refractivity contribution in [2.75, 3.05) is 0 Å². The van der Waals surface area contributed by atoms with Crippen molar-refractivity contribution in [1.29, 1.82) is 0 Å². The van der Waals surface area contributed by atoms with E-state index in [2.05, 4.69) is 31.9 Å². The zero-order valence-electron chi connectivity index (χ0n) is 10.7. The first-order valence-corrected chi connectivity index (χ1v) is 8.90. The summed E-state index contributed by atoms with van der Waals surface area (Å²) in [6.45, 7) is 0. The molecule has 3 rings (SSSR count). The van der Waals surface area contributed by atoms with E-state index < -0.39 is 0 Å². The highest BCUT2D eigenvalue weighted by molar-refractivity contribution is 9.11. The van der Waals surface area contributed by atoms with Gasteiger partial charge in [-0.1, -0.05) is 35.2 Å². The molecule has 1 aromatic rings. The van der Waals surface area contributed by atoms with Crippen LogP contribution in [0.15, 0.2) is 27.1 Å². The molecule has 2 aliphatic rings. The van der Waals surface area contributed by atoms with Gasteiger partial charge in [0.05, 0.1) is 4.47 Å². The summed E-state index contributed by atoms with van der Waals surface area (Å²) in [5.41, 5.74) is 0.228. The fourth-order valence-corrected chi connectivity index (χ4v) is 5.09. The number of alkyl halides is 1. The zero-order valence-corrected chi connectivity index (χ0v) is 14.6. The van der Waals surface area contributed by atoms with Crippen LogP contribution in [0.25, 0.3) is 0 Å². The largest absolute Gasteiger partial charge is 0.489 e. The Morgan fingerprint density at radius 2 is 1.89 bits per heavy atom. The molecule has 0 bridgehead atoms. The zero-order chi connectivity index (χ0) is 13.5. The molecular weight excluding hydrogens is 391 g/mol. The number of ether oxygens (including phenoxy) is 1. The normalized spacial score (nSPS) is 29.0. The highest BCUT2D eigenvalue weighted by Crippen LogP contribution is 2.56. The molecule has 0 heterocycles. The molecule has 104 valence electrons. The van der Waals surface area contributed by atoms with Crippen LogP contribution in [0.4, 0.5) is 0 Å². The van der Waals surface area contributed by atoms with Crippen molar-refractivity contribution in [3.63, 3.8) is 0 Å². The van der Waals surface area contributed by atoms with Crippen molar-refractivity contribution >= 4 is 43.5 Å². The summed E-state index contributed by atoms with van der Waals surface area (Å²) in [5.74, 6) is 0.932. The van der Waals surface area contributed by atoms with E-state index in [0.717, 1.165) is 21.1 Å². The average Bonchev–Trinajstić information content (AvgIpc) is 2.42. The Hall–Kier alpha value is 0.270. The van der Waals surface area contributed by atoms with Gasteiger partial charge in [-0.2, -0.15) is 0 Å². The van der Waals surface area contributed by atoms with E-state index in [1.54, 1.807) is 0 Å². The van der Waals surface area contributed by atoms with Crippen LogP contribution in [0.3, 0.4) is 0 Å². The summed E-state index contributed by atoms with van der Waals surface area (Å²) >= 11 is 13.5. The molecule has 0 aliphatic heterocycles. The minimum absolute atomic E-state index is 0.228. The van der Waals surface area contributed by atoms with Crippen molar-refractivity contribution < 1.29 is 4.74 Å². The third kappa shape index (κ3) is 2.58. The van der Waals surface area contributed by atoms with Crippen molar-refractivity contribution in [2.45, 2.75) is 50.0 Å². The first-order chi connectivity index (χ1) is 9.12. The Bertz CT molecular complexity index is 471. The third-order valence-electron chi connectivity index (χ3n) is 4.63. The highest BCUT2D eigenvalue weighted by atomic mass is 79.9. The van der Waals surface area contributed by atoms with Crippen molar-refractivity contribution in [1.82, 2.24) is 0 Å². The molecule has 0 saturated heterocycles. The predicted molar refractivity (Wildman–Crippen MR) is 86.0 cm³/mol. The van der Waals surface area contributed by atoms with E-state index in [1.807, 2.05) is 18.2 Å². The maximum atomic E-state index is 6.51. The fourth-order valence-electron chi connectivity index (χ4n) is 3.43. The van der Waals surface area contributed by atoms with Gasteiger partial charge in [-0.3, -0.25) is 0 Å². The lowest BCUT2D eigenvalue weighted by Crippen LogP contribution is -2.58. The van der Waals surface area contributed by atoms with Crippen molar-refractivity contribution in [3.05, 3.63) is 27.1 Å². The molecule has 2 atom stereocenters. The molecule has 2 aliphatic carbocycles. The van der Waals surface area contributed by atoms with Crippen LogP contribution in [-0.4, -0.2) is 11.5 Å². The molecule has 0 N–H and O–H groups in total. The summed E-state index contributed by atoms with van der Waals surface area (Å²) in [7, 11) is 0. The lowest BCUT2D eigenvalue weighted by atomic mass is 9.58. The van der Waals surface area contributed by atoms with Crippen LogP contribution in [0, 0.1) is 5.41 Å². The predicted octanol–water partition coefficient (Wildman–Crippen LogP) is 5.92. The van der Waals surface area contributed by atoms with Crippen molar-refractivity contribution in [2.24, 2.45) is 5.41 Å². The van der Waals surface area contributed by atoms with Gasteiger partial charge in [0.1, 0.15) is 11.9 Å². The monoisotopic (exact) mass is 406 g/mol. The summed E-state index contributed by atoms with van der Waals surface area (Å²) in [5, 5.41) is 0.298. The molecule has 1 aromatic carbocycles. The van der Waals surface area contributed by atoms with Gasteiger partial charge in [0.15, 0.2) is 0 Å². The topological polar surface area (TPSA) is 9.23 Å². The van der Waals surface area contributed by atoms with Gasteiger partial charge in [0.2, 0.25) is 0 Å². The van der Waals surface area contributed by atoms with Crippen LogP contribution in [-0.2, 0) is 0 Å². The molecule has 2 saturated carbocycles. The van der Waals surface area contributed by atoms with Gasteiger partial charge in [-0.05, 0) is 47.0 Å². The maximum Gasteiger partial charge on any atom is 0.134 e. The van der Waals surface area contributed by atoms with Crippen LogP contribution in [0.5, 0.6) is 5.75 Å². The summed E-state index contributed by atoms with van der Waals surface area (Å²) in [6.07, 6.45) is 7.65. The van der Waals surface area contributed by atoms with E-state index >= 15 is 0 Å². The Morgan fingerprint density at radius 1 is 1.16 bits per heavy atom. The molecule has 0 radical (unpaired) electrons. The minimum atomic E-state index is 0.228. The molecule has 2 unspecified atom stereocenters. The number of hydrogen-bond donors (Lipinski definition) is 0. The SMILES string of the molecule is ClC1CC(Oc2ccc(Br)cc2Br)C12CCCCC2. The van der Waals surface area contributed by atoms with E-state index in [0.29, 0.717) is 5.38 Å². The van der Waals surface area contributed by atoms with Crippen LogP contribution in [0.1, 0.15) is 38.5 Å². The van der Waals surface area contributed by atoms with Crippen LogP contribution >= 0.6 is 43.5 Å². The number of hydrogen-bond acceptors (Lipinski definition) is 1. The van der Waals surface area contributed by atoms with Crippen molar-refractivity contribution in [3.8, 4) is 5.75 Å². The van der Waals surface area contributed by atoms with Gasteiger partial charge in [0, 0.05) is 21.7 Å². The van der Waals surface area contributed by atoms with Crippen LogP contribution in [0.2, 0.25) is 0 Å². The smallest absolute Gasteiger partial charge is 0.134 e. The van der Waals surface area contributed by atoms with Crippen LogP contribution < -0.4 is 4.74 Å². The molecular formula is C15H17Br2ClO. The average molecular weight is 409 g/mol. The molecule has 4 heteroatoms. The maximum absolute atomic E-state index is 6.51. The molecule has 0 amide bonds. The Kier molecular flexibility index (Phi) is 4.17. The van der Waals surface area contributed by atoms with Gasteiger partial charge < -0.3 is 4.74 Å². The standard InChI is InChI=1S/C15H17Br2ClO/c16-10-4-5-12(11(17)8-10)19-14-9-13(18)15(14)6-2-1-3-7-15/h4-5,8,13-14H,1-3,6-7,9H2. The van der Waals surface area contributed by atoms with E-state index in [-0.39, 0.29) is 11.5 Å².